The number of piperidine rings is 1. The van der Waals surface area contributed by atoms with Crippen molar-refractivity contribution < 1.29 is 43.3 Å². The second-order valence-corrected chi connectivity index (χ2v) is 22.9. The van der Waals surface area contributed by atoms with Gasteiger partial charge in [0.1, 0.15) is 30.4 Å². The number of rotatable bonds is 20. The molecule has 6 aromatic rings. The lowest BCUT2D eigenvalue weighted by molar-refractivity contribution is -0.141. The molecule has 1 aliphatic carbocycles. The molecule has 6 atom stereocenters. The number of phenolic OH excluding ortho intramolecular Hbond substituents is 1. The Labute approximate surface area is 464 Å². The number of pyridine rings is 1. The zero-order chi connectivity index (χ0) is 54.7. The number of hydrogen-bond acceptors (Lipinski definition) is 19. The van der Waals surface area contributed by atoms with Crippen LogP contribution < -0.4 is 30.3 Å². The predicted molar refractivity (Wildman–Crippen MR) is 298 cm³/mol. The number of para-hydroxylation sites is 1. The number of methoxy groups -OCH3 is 1. The number of aromatic hydroxyl groups is 1. The number of nitrogens with one attached hydrogen (secondary N) is 1. The van der Waals surface area contributed by atoms with E-state index in [0.717, 1.165) is 97.8 Å². The number of hydrogen-bond donors (Lipinski definition) is 4. The maximum atomic E-state index is 14.3. The van der Waals surface area contributed by atoms with Gasteiger partial charge in [-0.25, -0.2) is 9.97 Å². The van der Waals surface area contributed by atoms with Gasteiger partial charge in [0.05, 0.1) is 58.4 Å². The van der Waals surface area contributed by atoms with Crippen LogP contribution in [-0.4, -0.2) is 153 Å². The smallest absolute Gasteiger partial charge is 0.254 e. The number of carbonyl (C=O) groups excluding carboxylic acids is 2. The number of phenols is 1. The summed E-state index contributed by atoms with van der Waals surface area (Å²) in [5, 5.41) is 37.0. The van der Waals surface area contributed by atoms with Gasteiger partial charge in [-0.15, -0.1) is 21.5 Å². The monoisotopic (exact) mass is 1100 g/mol. The Kier molecular flexibility index (Phi) is 16.3. The van der Waals surface area contributed by atoms with Crippen molar-refractivity contribution in [3.05, 3.63) is 102 Å². The Morgan fingerprint density at radius 2 is 1.66 bits per heavy atom. The predicted octanol–water partition coefficient (Wildman–Crippen LogP) is 6.99. The lowest BCUT2D eigenvalue weighted by Crippen LogP contribution is -2.54. The normalized spacial score (nSPS) is 23.2. The first-order chi connectivity index (χ1) is 38.3. The van der Waals surface area contributed by atoms with Crippen LogP contribution in [0, 0.1) is 5.92 Å². The van der Waals surface area contributed by atoms with Crippen molar-refractivity contribution in [1.82, 2.24) is 40.4 Å². The number of fused-ring (bicyclic) bond motifs is 2. The highest BCUT2D eigenvalue weighted by Crippen LogP contribution is 2.41. The lowest BCUT2D eigenvalue weighted by atomic mass is 9.91. The third kappa shape index (κ3) is 12.0. The van der Waals surface area contributed by atoms with Gasteiger partial charge in [0.2, 0.25) is 17.7 Å². The molecule has 79 heavy (non-hydrogen) atoms. The van der Waals surface area contributed by atoms with Crippen molar-refractivity contribution in [3.8, 4) is 39.2 Å². The van der Waals surface area contributed by atoms with Crippen LogP contribution in [0.15, 0.2) is 89.0 Å². The average molecular weight is 1100 g/mol. The van der Waals surface area contributed by atoms with Crippen molar-refractivity contribution >= 4 is 40.3 Å². The number of β-amino-alcohol motifs (C(OH)–C–C–N with tert-alkyl or cyclic N) is 1. The van der Waals surface area contributed by atoms with Crippen LogP contribution in [0.5, 0.6) is 17.5 Å². The summed E-state index contributed by atoms with van der Waals surface area (Å²) in [5.41, 5.74) is 14.2. The number of aromatic nitrogens is 5. The van der Waals surface area contributed by atoms with Crippen molar-refractivity contribution in [2.75, 3.05) is 68.5 Å². The molecule has 20 nitrogen and oxygen atoms in total. The minimum absolute atomic E-state index is 0.0434. The molecule has 5 aliphatic rings. The van der Waals surface area contributed by atoms with E-state index in [1.807, 2.05) is 69.4 Å². The van der Waals surface area contributed by atoms with E-state index in [1.54, 1.807) is 42.2 Å². The molecule has 5 fully saturated rings. The molecule has 4 aromatic heterocycles. The molecule has 0 spiro atoms. The summed E-state index contributed by atoms with van der Waals surface area (Å²) < 4.78 is 30.1. The summed E-state index contributed by atoms with van der Waals surface area (Å²) >= 11 is 1.55. The Hall–Kier alpha value is -6.91. The van der Waals surface area contributed by atoms with E-state index in [9.17, 15) is 19.8 Å². The van der Waals surface area contributed by atoms with Crippen LogP contribution in [0.1, 0.15) is 94.7 Å². The van der Waals surface area contributed by atoms with Gasteiger partial charge in [-0.05, 0) is 79.1 Å². The molecular formula is C58H71N11O9S. The number of nitrogen functional groups attached to an aromatic ring is 1. The van der Waals surface area contributed by atoms with Gasteiger partial charge in [-0.3, -0.25) is 14.5 Å². The minimum Gasteiger partial charge on any atom is -0.507 e. The van der Waals surface area contributed by atoms with E-state index < -0.39 is 18.1 Å². The Balaban J connectivity index is 0.600. The molecule has 5 N–H and O–H groups in total. The van der Waals surface area contributed by atoms with Crippen LogP contribution in [0.4, 0.5) is 17.2 Å². The third-order valence-corrected chi connectivity index (χ3v) is 17.2. The molecule has 11 rings (SSSR count). The van der Waals surface area contributed by atoms with Gasteiger partial charge >= 0.3 is 0 Å². The molecule has 4 aliphatic heterocycles. The van der Waals surface area contributed by atoms with Crippen molar-refractivity contribution in [2.24, 2.45) is 5.92 Å². The molecule has 2 aromatic carbocycles. The summed E-state index contributed by atoms with van der Waals surface area (Å²) in [4.78, 5) is 46.8. The molecule has 2 amide bonds. The number of nitrogens with zero attached hydrogens (tertiary/aromatic N) is 9. The van der Waals surface area contributed by atoms with Crippen LogP contribution in [0.3, 0.4) is 0 Å². The first kappa shape index (κ1) is 54.1. The highest BCUT2D eigenvalue weighted by atomic mass is 32.1. The number of anilines is 3. The number of nitrogens with two attached hydrogens (primary N) is 1. The molecule has 418 valence electrons. The quantitative estimate of drug-likeness (QED) is 0.0602. The Morgan fingerprint density at radius 1 is 0.886 bits per heavy atom. The number of piperazine rings is 1. The number of likely N-dealkylation sites (tertiary alicyclic amines) is 2. The third-order valence-electron chi connectivity index (χ3n) is 16.3. The average Bonchev–Trinajstić information content (AvgIpc) is 4.33. The fourth-order valence-electron chi connectivity index (χ4n) is 12.1. The van der Waals surface area contributed by atoms with Crippen LogP contribution in [0.25, 0.3) is 21.7 Å². The number of carbonyl (C=O) groups is 2. The standard InChI is InChI=1S/C58H71N11O9S/c1-34(2)54(58(73)68-31-41(70)24-49(68)57(72)62-35(3)36-9-11-37(12-10-36)55-47(32-74-4)61-33-79-55)51-28-53(65-78-51)75-22-21-66-19-16-42(17-20-66)76-43-25-44(26-43)77-52-23-38(15-18-60-52)69-39-13-14-40(69)30-67(29-39)48-27-46(63-64-56(48)59)45-7-5-6-8-50(45)71/h5-12,15,18,23,27-28,33-35,39-44,49,54,70-71H,13-14,16-17,19-22,24-26,29-32H2,1-4H3,(H2,59,64)(H,62,72)/t35-,39+,40?,41+,43?,44?,49-,54-/m0/s1. The molecule has 8 heterocycles. The van der Waals surface area contributed by atoms with E-state index in [0.29, 0.717) is 54.4 Å². The molecule has 2 bridgehead atoms. The zero-order valence-corrected chi connectivity index (χ0v) is 46.0. The van der Waals surface area contributed by atoms with Crippen molar-refractivity contribution in [2.45, 2.75) is 127 Å². The molecule has 1 unspecified atom stereocenters. The molecular weight excluding hydrogens is 1030 g/mol. The summed E-state index contributed by atoms with van der Waals surface area (Å²) in [7, 11) is 1.65. The highest BCUT2D eigenvalue weighted by molar-refractivity contribution is 7.13. The maximum absolute atomic E-state index is 14.3. The summed E-state index contributed by atoms with van der Waals surface area (Å²) in [6, 6.07) is 22.2. The Bertz CT molecular complexity index is 3040. The van der Waals surface area contributed by atoms with Crippen LogP contribution in [-0.2, 0) is 25.7 Å². The first-order valence-electron chi connectivity index (χ1n) is 27.7. The topological polar surface area (TPSA) is 240 Å². The zero-order valence-electron chi connectivity index (χ0n) is 45.2. The fraction of sp³-hybridized carbons (Fsp3) is 0.500. The lowest BCUT2D eigenvalue weighted by Gasteiger charge is -2.43. The fourth-order valence-corrected chi connectivity index (χ4v) is 12.9. The largest absolute Gasteiger partial charge is 0.507 e. The van der Waals surface area contributed by atoms with Gasteiger partial charge in [0.15, 0.2) is 11.6 Å². The molecule has 1 saturated carbocycles. The number of aliphatic hydroxyl groups excluding tert-OH is 1. The van der Waals surface area contributed by atoms with Crippen molar-refractivity contribution in [1.29, 1.82) is 0 Å². The van der Waals surface area contributed by atoms with E-state index in [-0.39, 0.29) is 72.9 Å². The van der Waals surface area contributed by atoms with Crippen LogP contribution in [0.2, 0.25) is 0 Å². The van der Waals surface area contributed by atoms with Gasteiger partial charge in [0, 0.05) is 107 Å². The van der Waals surface area contributed by atoms with Gasteiger partial charge < -0.3 is 59.4 Å². The Morgan fingerprint density at radius 3 is 2.41 bits per heavy atom. The van der Waals surface area contributed by atoms with E-state index in [1.165, 1.54) is 4.90 Å². The summed E-state index contributed by atoms with van der Waals surface area (Å²) in [6.45, 7) is 10.7. The molecule has 0 radical (unpaired) electrons. The minimum atomic E-state index is -0.844. The van der Waals surface area contributed by atoms with Gasteiger partial charge in [0.25, 0.3) is 5.88 Å². The molecule has 21 heteroatoms. The summed E-state index contributed by atoms with van der Waals surface area (Å²) in [5.74, 6) is 0.285. The first-order valence-corrected chi connectivity index (χ1v) is 28.6. The number of aliphatic hydroxyl groups is 1. The van der Waals surface area contributed by atoms with E-state index in [4.69, 9.17) is 29.2 Å². The maximum Gasteiger partial charge on any atom is 0.254 e. The van der Waals surface area contributed by atoms with Gasteiger partial charge in [-0.2, -0.15) is 0 Å². The number of ether oxygens (including phenoxy) is 4. The van der Waals surface area contributed by atoms with E-state index in [2.05, 4.69) is 57.5 Å². The highest BCUT2D eigenvalue weighted by Gasteiger charge is 2.45. The van der Waals surface area contributed by atoms with Gasteiger partial charge in [-0.1, -0.05) is 50.2 Å². The van der Waals surface area contributed by atoms with Crippen molar-refractivity contribution in [3.63, 3.8) is 0 Å². The van der Waals surface area contributed by atoms with Crippen LogP contribution >= 0.6 is 11.3 Å². The summed E-state index contributed by atoms with van der Waals surface area (Å²) in [6.07, 6.45) is 7.18. The second-order valence-electron chi connectivity index (χ2n) is 22.0. The number of thiazole rings is 1. The SMILES string of the molecule is COCc1ncsc1-c1ccc([C@H](C)NC(=O)[C@@H]2C[C@@H](O)CN2C(=O)[C@H](c2cc(OCCN3CCC(OC4CC(Oc5cc(N6C7CC[C@@H]6CN(c6cc(-c8ccccc8O)nnc6N)C7)ccn5)C4)CC3)no2)C(C)C)cc1. The van der Waals surface area contributed by atoms with E-state index >= 15 is 0 Å². The number of benzene rings is 2. The molecule has 4 saturated heterocycles. The number of amides is 2. The second kappa shape index (κ2) is 23.8.